The van der Waals surface area contributed by atoms with E-state index in [1.54, 1.807) is 23.4 Å². The van der Waals surface area contributed by atoms with Crippen LogP contribution >= 0.6 is 0 Å². The number of nitrogen functional groups attached to an aromatic ring is 1. The third kappa shape index (κ3) is 2.99. The van der Waals surface area contributed by atoms with Crippen molar-refractivity contribution in [3.8, 4) is 5.95 Å². The van der Waals surface area contributed by atoms with Crippen LogP contribution in [0, 0.1) is 0 Å². The molecule has 1 amide bonds. The molecule has 106 valence electrons. The average molecular weight is 276 g/mol. The van der Waals surface area contributed by atoms with Gasteiger partial charge in [0, 0.05) is 18.4 Å². The number of anilines is 2. The summed E-state index contributed by atoms with van der Waals surface area (Å²) in [6.45, 7) is 3.80. The van der Waals surface area contributed by atoms with Gasteiger partial charge in [0.2, 0.25) is 17.8 Å². The Morgan fingerprint density at radius 2 is 2.15 bits per heavy atom. The third-order valence-electron chi connectivity index (χ3n) is 2.54. The topological polar surface area (TPSA) is 129 Å². The fourth-order valence-corrected chi connectivity index (χ4v) is 1.64. The second kappa shape index (κ2) is 5.51. The number of carbonyl (C=O) groups excluding carboxylic acids is 1. The molecule has 0 radical (unpaired) electrons. The van der Waals surface area contributed by atoms with Crippen molar-refractivity contribution < 1.29 is 4.79 Å². The highest BCUT2D eigenvalue weighted by Gasteiger charge is 2.18. The maximum atomic E-state index is 11.1. The molecule has 0 spiro atoms. The van der Waals surface area contributed by atoms with Crippen molar-refractivity contribution in [3.05, 3.63) is 18.5 Å². The summed E-state index contributed by atoms with van der Waals surface area (Å²) in [6.07, 6.45) is 3.29. The molecule has 0 aliphatic rings. The molecule has 0 atom stereocenters. The zero-order chi connectivity index (χ0) is 14.7. The SMILES string of the molecule is CC(C)N(CC(N)=O)c1nc(N)nc(-n2cccn2)n1. The number of carbonyl (C=O) groups is 1. The molecule has 2 rings (SSSR count). The Morgan fingerprint density at radius 1 is 1.40 bits per heavy atom. The summed E-state index contributed by atoms with van der Waals surface area (Å²) in [7, 11) is 0. The number of hydrogen-bond acceptors (Lipinski definition) is 7. The van der Waals surface area contributed by atoms with Crippen molar-refractivity contribution >= 4 is 17.8 Å². The van der Waals surface area contributed by atoms with Crippen molar-refractivity contribution in [3.63, 3.8) is 0 Å². The first kappa shape index (κ1) is 13.7. The average Bonchev–Trinajstić information content (AvgIpc) is 2.88. The van der Waals surface area contributed by atoms with E-state index in [-0.39, 0.29) is 30.4 Å². The van der Waals surface area contributed by atoms with Crippen LogP contribution in [0.1, 0.15) is 13.8 Å². The van der Waals surface area contributed by atoms with Gasteiger partial charge in [0.1, 0.15) is 0 Å². The first-order chi connectivity index (χ1) is 9.47. The summed E-state index contributed by atoms with van der Waals surface area (Å²) in [6, 6.07) is 1.72. The molecule has 9 heteroatoms. The number of nitrogens with two attached hydrogens (primary N) is 2. The van der Waals surface area contributed by atoms with Crippen LogP contribution in [0.15, 0.2) is 18.5 Å². The maximum absolute atomic E-state index is 11.1. The van der Waals surface area contributed by atoms with Crippen LogP contribution in [-0.2, 0) is 4.79 Å². The minimum Gasteiger partial charge on any atom is -0.368 e. The largest absolute Gasteiger partial charge is 0.368 e. The van der Waals surface area contributed by atoms with Crippen molar-refractivity contribution in [2.75, 3.05) is 17.2 Å². The molecule has 2 heterocycles. The van der Waals surface area contributed by atoms with Gasteiger partial charge in [0.05, 0.1) is 6.54 Å². The van der Waals surface area contributed by atoms with Crippen LogP contribution in [0.5, 0.6) is 0 Å². The van der Waals surface area contributed by atoms with E-state index in [4.69, 9.17) is 11.5 Å². The van der Waals surface area contributed by atoms with E-state index < -0.39 is 5.91 Å². The Morgan fingerprint density at radius 3 is 2.70 bits per heavy atom. The van der Waals surface area contributed by atoms with Crippen molar-refractivity contribution in [2.45, 2.75) is 19.9 Å². The molecule has 2 aromatic heterocycles. The van der Waals surface area contributed by atoms with Crippen molar-refractivity contribution in [2.24, 2.45) is 5.73 Å². The standard InChI is InChI=1S/C11H16N8O/c1-7(2)18(6-8(12)20)10-15-9(13)16-11(17-10)19-5-3-4-14-19/h3-5,7H,6H2,1-2H3,(H2,12,20)(H2,13,15,16,17). The summed E-state index contributed by atoms with van der Waals surface area (Å²) in [5, 5.41) is 4.03. The molecular weight excluding hydrogens is 260 g/mol. The minimum absolute atomic E-state index is 0.000330. The predicted octanol–water partition coefficient (Wildman–Crippen LogP) is -0.660. The molecule has 4 N–H and O–H groups in total. The van der Waals surface area contributed by atoms with Gasteiger partial charge in [-0.05, 0) is 19.9 Å². The Hall–Kier alpha value is -2.71. The minimum atomic E-state index is -0.474. The molecule has 20 heavy (non-hydrogen) atoms. The number of rotatable bonds is 5. The number of hydrogen-bond donors (Lipinski definition) is 2. The molecule has 0 saturated heterocycles. The Bertz CT molecular complexity index is 594. The lowest BCUT2D eigenvalue weighted by Crippen LogP contribution is -2.40. The molecule has 0 bridgehead atoms. The Labute approximate surface area is 115 Å². The van der Waals surface area contributed by atoms with Crippen LogP contribution in [-0.4, -0.2) is 43.2 Å². The first-order valence-corrected chi connectivity index (χ1v) is 6.04. The van der Waals surface area contributed by atoms with E-state index >= 15 is 0 Å². The van der Waals surface area contributed by atoms with E-state index in [1.165, 1.54) is 4.68 Å². The van der Waals surface area contributed by atoms with Gasteiger partial charge < -0.3 is 16.4 Å². The van der Waals surface area contributed by atoms with E-state index in [1.807, 2.05) is 13.8 Å². The highest BCUT2D eigenvalue weighted by Crippen LogP contribution is 2.13. The zero-order valence-electron chi connectivity index (χ0n) is 11.3. The van der Waals surface area contributed by atoms with E-state index in [2.05, 4.69) is 20.1 Å². The third-order valence-corrected chi connectivity index (χ3v) is 2.54. The molecule has 0 fully saturated rings. The second-order valence-electron chi connectivity index (χ2n) is 4.43. The molecule has 0 aromatic carbocycles. The van der Waals surface area contributed by atoms with Crippen LogP contribution in [0.25, 0.3) is 5.95 Å². The fourth-order valence-electron chi connectivity index (χ4n) is 1.64. The smallest absolute Gasteiger partial charge is 0.257 e. The highest BCUT2D eigenvalue weighted by molar-refractivity contribution is 5.79. The van der Waals surface area contributed by atoms with E-state index in [0.29, 0.717) is 0 Å². The molecule has 9 nitrogen and oxygen atoms in total. The molecule has 0 aliphatic carbocycles. The lowest BCUT2D eigenvalue weighted by atomic mass is 10.3. The van der Waals surface area contributed by atoms with Gasteiger partial charge in [-0.1, -0.05) is 0 Å². The number of amides is 1. The normalized spacial score (nSPS) is 10.8. The fraction of sp³-hybridized carbons (Fsp3) is 0.364. The van der Waals surface area contributed by atoms with Gasteiger partial charge in [-0.3, -0.25) is 4.79 Å². The number of aromatic nitrogens is 5. The van der Waals surface area contributed by atoms with E-state index in [0.717, 1.165) is 0 Å². The molecule has 0 aliphatic heterocycles. The van der Waals surface area contributed by atoms with Gasteiger partial charge in [-0.15, -0.1) is 0 Å². The lowest BCUT2D eigenvalue weighted by Gasteiger charge is -2.25. The summed E-state index contributed by atoms with van der Waals surface area (Å²) in [4.78, 5) is 25.1. The van der Waals surface area contributed by atoms with Gasteiger partial charge in [0.15, 0.2) is 0 Å². The van der Waals surface area contributed by atoms with Crippen LogP contribution < -0.4 is 16.4 Å². The van der Waals surface area contributed by atoms with Crippen LogP contribution in [0.3, 0.4) is 0 Å². The Balaban J connectivity index is 2.42. The number of primary amides is 1. The Kier molecular flexibility index (Phi) is 3.78. The maximum Gasteiger partial charge on any atom is 0.257 e. The summed E-state index contributed by atoms with van der Waals surface area (Å²) >= 11 is 0. The van der Waals surface area contributed by atoms with E-state index in [9.17, 15) is 4.79 Å². The molecule has 0 unspecified atom stereocenters. The van der Waals surface area contributed by atoms with Gasteiger partial charge >= 0.3 is 0 Å². The van der Waals surface area contributed by atoms with Crippen LogP contribution in [0.4, 0.5) is 11.9 Å². The lowest BCUT2D eigenvalue weighted by molar-refractivity contribution is -0.116. The molecule has 2 aromatic rings. The monoisotopic (exact) mass is 276 g/mol. The quantitative estimate of drug-likeness (QED) is 0.741. The van der Waals surface area contributed by atoms with Gasteiger partial charge in [-0.2, -0.15) is 20.1 Å². The summed E-state index contributed by atoms with van der Waals surface area (Å²) < 4.78 is 1.46. The second-order valence-corrected chi connectivity index (χ2v) is 4.43. The van der Waals surface area contributed by atoms with Gasteiger partial charge in [-0.25, -0.2) is 4.68 Å². The summed E-state index contributed by atoms with van der Waals surface area (Å²) in [5.41, 5.74) is 10.9. The van der Waals surface area contributed by atoms with Crippen molar-refractivity contribution in [1.29, 1.82) is 0 Å². The molecular formula is C11H16N8O. The van der Waals surface area contributed by atoms with Gasteiger partial charge in [0.25, 0.3) is 5.95 Å². The molecule has 0 saturated carbocycles. The van der Waals surface area contributed by atoms with Crippen molar-refractivity contribution in [1.82, 2.24) is 24.7 Å². The first-order valence-electron chi connectivity index (χ1n) is 6.04. The summed E-state index contributed by atoms with van der Waals surface area (Å²) in [5.74, 6) is 0.151. The van der Waals surface area contributed by atoms with Crippen LogP contribution in [0.2, 0.25) is 0 Å². The highest BCUT2D eigenvalue weighted by atomic mass is 16.1. The zero-order valence-corrected chi connectivity index (χ0v) is 11.3. The predicted molar refractivity (Wildman–Crippen MR) is 73.0 cm³/mol. The number of nitrogens with zero attached hydrogens (tertiary/aromatic N) is 6.